The van der Waals surface area contributed by atoms with E-state index in [9.17, 15) is 0 Å². The van der Waals surface area contributed by atoms with Gasteiger partial charge in [0.05, 0.1) is 0 Å². The first-order chi connectivity index (χ1) is 10.1. The third-order valence-electron chi connectivity index (χ3n) is 5.02. The summed E-state index contributed by atoms with van der Waals surface area (Å²) in [5.74, 6) is 0. The molecule has 1 N–H and O–H groups in total. The van der Waals surface area contributed by atoms with Crippen molar-refractivity contribution in [3.8, 4) is 0 Å². The zero-order chi connectivity index (χ0) is 15.7. The van der Waals surface area contributed by atoms with Crippen molar-refractivity contribution in [1.29, 1.82) is 0 Å². The van der Waals surface area contributed by atoms with Gasteiger partial charge in [0.15, 0.2) is 0 Å². The maximum atomic E-state index is 3.88. The second-order valence-corrected chi connectivity index (χ2v) is 6.99. The van der Waals surface area contributed by atoms with Crippen LogP contribution in [0.15, 0.2) is 0 Å². The van der Waals surface area contributed by atoms with Crippen LogP contribution in [0.4, 0.5) is 0 Å². The predicted octanol–water partition coefficient (Wildman–Crippen LogP) is 3.35. The minimum absolute atomic E-state index is 0.663. The van der Waals surface area contributed by atoms with Crippen molar-refractivity contribution in [2.45, 2.75) is 84.8 Å². The largest absolute Gasteiger partial charge is 0.311 e. The maximum absolute atomic E-state index is 3.88. The molecule has 0 saturated carbocycles. The molecule has 1 heterocycles. The van der Waals surface area contributed by atoms with Crippen molar-refractivity contribution in [2.75, 3.05) is 32.7 Å². The second-order valence-electron chi connectivity index (χ2n) is 6.99. The highest BCUT2D eigenvalue weighted by Gasteiger charge is 2.19. The van der Waals surface area contributed by atoms with E-state index in [1.807, 2.05) is 0 Å². The summed E-state index contributed by atoms with van der Waals surface area (Å²) in [6.07, 6.45) is 6.64. The molecule has 1 aliphatic heterocycles. The SMILES string of the molecule is CCN(CC)CCCC(C)NC1CCCN(C(C)C)CC1. The van der Waals surface area contributed by atoms with E-state index in [2.05, 4.69) is 49.7 Å². The quantitative estimate of drug-likeness (QED) is 0.704. The first-order valence-corrected chi connectivity index (χ1v) is 9.29. The van der Waals surface area contributed by atoms with Crippen LogP contribution in [-0.2, 0) is 0 Å². The molecule has 2 unspecified atom stereocenters. The Labute approximate surface area is 133 Å². The van der Waals surface area contributed by atoms with Crippen molar-refractivity contribution < 1.29 is 0 Å². The molecule has 0 bridgehead atoms. The van der Waals surface area contributed by atoms with E-state index < -0.39 is 0 Å². The lowest BCUT2D eigenvalue weighted by atomic mass is 10.1. The lowest BCUT2D eigenvalue weighted by molar-refractivity contribution is 0.228. The number of nitrogens with zero attached hydrogens (tertiary/aromatic N) is 2. The van der Waals surface area contributed by atoms with E-state index in [-0.39, 0.29) is 0 Å². The lowest BCUT2D eigenvalue weighted by Crippen LogP contribution is -2.38. The Morgan fingerprint density at radius 3 is 2.43 bits per heavy atom. The summed E-state index contributed by atoms with van der Waals surface area (Å²) in [5, 5.41) is 3.88. The highest BCUT2D eigenvalue weighted by atomic mass is 15.2. The van der Waals surface area contributed by atoms with Crippen molar-refractivity contribution in [3.63, 3.8) is 0 Å². The third kappa shape index (κ3) is 7.62. The topological polar surface area (TPSA) is 18.5 Å². The minimum Gasteiger partial charge on any atom is -0.311 e. The van der Waals surface area contributed by atoms with Gasteiger partial charge in [0, 0.05) is 18.1 Å². The van der Waals surface area contributed by atoms with Crippen LogP contribution < -0.4 is 5.32 Å². The summed E-state index contributed by atoms with van der Waals surface area (Å²) in [5.41, 5.74) is 0. The van der Waals surface area contributed by atoms with Gasteiger partial charge in [-0.05, 0) is 85.6 Å². The number of likely N-dealkylation sites (tertiary alicyclic amines) is 1. The fourth-order valence-electron chi connectivity index (χ4n) is 3.45. The summed E-state index contributed by atoms with van der Waals surface area (Å²) in [7, 11) is 0. The maximum Gasteiger partial charge on any atom is 0.00821 e. The molecule has 3 heteroatoms. The van der Waals surface area contributed by atoms with Crippen LogP contribution in [0.25, 0.3) is 0 Å². The van der Waals surface area contributed by atoms with Crippen LogP contribution in [0, 0.1) is 0 Å². The highest BCUT2D eigenvalue weighted by molar-refractivity contribution is 4.78. The molecule has 1 saturated heterocycles. The Kier molecular flexibility index (Phi) is 9.54. The average molecular weight is 298 g/mol. The van der Waals surface area contributed by atoms with Crippen LogP contribution in [0.5, 0.6) is 0 Å². The fraction of sp³-hybridized carbons (Fsp3) is 1.00. The third-order valence-corrected chi connectivity index (χ3v) is 5.02. The molecule has 3 nitrogen and oxygen atoms in total. The standard InChI is InChI=1S/C18H39N3/c1-6-20(7-2)13-8-10-17(5)19-18-11-9-14-21(15-12-18)16(3)4/h16-19H,6-15H2,1-5H3. The minimum atomic E-state index is 0.663. The molecule has 2 atom stereocenters. The van der Waals surface area contributed by atoms with Crippen LogP contribution in [0.3, 0.4) is 0 Å². The molecule has 1 rings (SSSR count). The van der Waals surface area contributed by atoms with Gasteiger partial charge in [0.2, 0.25) is 0 Å². The summed E-state index contributed by atoms with van der Waals surface area (Å²) in [6.45, 7) is 17.7. The molecule has 0 aromatic carbocycles. The van der Waals surface area contributed by atoms with Crippen molar-refractivity contribution in [3.05, 3.63) is 0 Å². The van der Waals surface area contributed by atoms with Gasteiger partial charge in [-0.1, -0.05) is 13.8 Å². The van der Waals surface area contributed by atoms with E-state index in [1.54, 1.807) is 0 Å². The molecule has 1 fully saturated rings. The van der Waals surface area contributed by atoms with Crippen molar-refractivity contribution in [1.82, 2.24) is 15.1 Å². The number of hydrogen-bond donors (Lipinski definition) is 1. The van der Waals surface area contributed by atoms with E-state index in [0.717, 1.165) is 6.04 Å². The summed E-state index contributed by atoms with van der Waals surface area (Å²) in [6, 6.07) is 2.10. The molecule has 0 amide bonds. The Morgan fingerprint density at radius 1 is 1.10 bits per heavy atom. The van der Waals surface area contributed by atoms with Crippen molar-refractivity contribution >= 4 is 0 Å². The smallest absolute Gasteiger partial charge is 0.00821 e. The number of rotatable bonds is 9. The Morgan fingerprint density at radius 2 is 1.81 bits per heavy atom. The van der Waals surface area contributed by atoms with Crippen LogP contribution in [0.2, 0.25) is 0 Å². The Hall–Kier alpha value is -0.120. The fourth-order valence-corrected chi connectivity index (χ4v) is 3.45. The Balaban J connectivity index is 2.20. The molecule has 1 aliphatic rings. The molecule has 0 spiro atoms. The molecule has 0 radical (unpaired) electrons. The lowest BCUT2D eigenvalue weighted by Gasteiger charge is -2.25. The van der Waals surface area contributed by atoms with Gasteiger partial charge in [0.1, 0.15) is 0 Å². The molecule has 0 aromatic rings. The van der Waals surface area contributed by atoms with Crippen molar-refractivity contribution in [2.24, 2.45) is 0 Å². The first kappa shape index (κ1) is 18.9. The van der Waals surface area contributed by atoms with E-state index in [4.69, 9.17) is 0 Å². The summed E-state index contributed by atoms with van der Waals surface area (Å²) >= 11 is 0. The number of nitrogens with one attached hydrogen (secondary N) is 1. The number of hydrogen-bond acceptors (Lipinski definition) is 3. The average Bonchev–Trinajstić information content (AvgIpc) is 2.69. The van der Waals surface area contributed by atoms with Gasteiger partial charge in [-0.3, -0.25) is 0 Å². The van der Waals surface area contributed by atoms with Crippen LogP contribution in [0.1, 0.15) is 66.7 Å². The van der Waals surface area contributed by atoms with Gasteiger partial charge in [-0.25, -0.2) is 0 Å². The predicted molar refractivity (Wildman–Crippen MR) is 94.0 cm³/mol. The van der Waals surface area contributed by atoms with Gasteiger partial charge in [-0.2, -0.15) is 0 Å². The van der Waals surface area contributed by atoms with E-state index in [0.29, 0.717) is 12.1 Å². The zero-order valence-corrected chi connectivity index (χ0v) is 15.2. The highest BCUT2D eigenvalue weighted by Crippen LogP contribution is 2.14. The molecule has 0 aromatic heterocycles. The second kappa shape index (κ2) is 10.6. The molecular formula is C18H39N3. The molecular weight excluding hydrogens is 258 g/mol. The monoisotopic (exact) mass is 297 g/mol. The van der Waals surface area contributed by atoms with E-state index >= 15 is 0 Å². The van der Waals surface area contributed by atoms with Crippen LogP contribution >= 0.6 is 0 Å². The Bertz CT molecular complexity index is 251. The molecule has 0 aliphatic carbocycles. The van der Waals surface area contributed by atoms with Gasteiger partial charge in [-0.15, -0.1) is 0 Å². The van der Waals surface area contributed by atoms with Gasteiger partial charge in [0.25, 0.3) is 0 Å². The van der Waals surface area contributed by atoms with Gasteiger partial charge >= 0.3 is 0 Å². The van der Waals surface area contributed by atoms with E-state index in [1.165, 1.54) is 64.8 Å². The summed E-state index contributed by atoms with van der Waals surface area (Å²) in [4.78, 5) is 5.16. The summed E-state index contributed by atoms with van der Waals surface area (Å²) < 4.78 is 0. The molecule has 21 heavy (non-hydrogen) atoms. The van der Waals surface area contributed by atoms with Gasteiger partial charge < -0.3 is 15.1 Å². The normalized spacial score (nSPS) is 22.7. The first-order valence-electron chi connectivity index (χ1n) is 9.29. The van der Waals surface area contributed by atoms with Crippen LogP contribution in [-0.4, -0.2) is 60.6 Å². The molecule has 126 valence electrons. The zero-order valence-electron chi connectivity index (χ0n) is 15.2.